The summed E-state index contributed by atoms with van der Waals surface area (Å²) in [6.07, 6.45) is 2.74. The average Bonchev–Trinajstić information content (AvgIpc) is 3.49. The molecule has 0 spiro atoms. The number of aliphatic hydroxyl groups is 3. The van der Waals surface area contributed by atoms with Crippen molar-refractivity contribution in [2.45, 2.75) is 45.3 Å². The number of hydrogen-bond donors (Lipinski definition) is 4. The molecule has 4 rings (SSSR count). The van der Waals surface area contributed by atoms with Gasteiger partial charge in [-0.1, -0.05) is 42.8 Å². The van der Waals surface area contributed by atoms with E-state index in [1.54, 1.807) is 12.1 Å². The van der Waals surface area contributed by atoms with Crippen LogP contribution in [0.1, 0.15) is 43.0 Å². The molecule has 0 bridgehead atoms. The average molecular weight is 512 g/mol. The van der Waals surface area contributed by atoms with Gasteiger partial charge in [0.15, 0.2) is 0 Å². The second kappa shape index (κ2) is 11.5. The number of amides is 2. The number of phenolic OH excluding ortho intramolecular Hbond substituents is 1. The monoisotopic (exact) mass is 511 g/mol. The summed E-state index contributed by atoms with van der Waals surface area (Å²) < 4.78 is 0. The minimum Gasteiger partial charge on any atom is -0.507 e. The Morgan fingerprint density at radius 3 is 2.58 bits per heavy atom. The Kier molecular flexibility index (Phi) is 8.41. The van der Waals surface area contributed by atoms with Gasteiger partial charge in [-0.25, -0.2) is 0 Å². The molecule has 2 heterocycles. The zero-order valence-corrected chi connectivity index (χ0v) is 21.2. The first-order valence-electron chi connectivity index (χ1n) is 12.4. The number of thiophene rings is 1. The first-order valence-corrected chi connectivity index (χ1v) is 13.2. The number of carbonyl (C=O) groups excluding carboxylic acids is 2. The topological polar surface area (TPSA) is 118 Å². The number of likely N-dealkylation sites (tertiary alicyclic amines) is 1. The number of aromatic hydroxyl groups is 1. The van der Waals surface area contributed by atoms with Gasteiger partial charge in [-0.15, -0.1) is 11.3 Å². The lowest BCUT2D eigenvalue weighted by atomic mass is 9.68. The summed E-state index contributed by atoms with van der Waals surface area (Å²) in [5, 5.41) is 43.6. The Morgan fingerprint density at radius 2 is 1.94 bits per heavy atom. The van der Waals surface area contributed by atoms with Crippen molar-refractivity contribution in [3.05, 3.63) is 68.9 Å². The highest BCUT2D eigenvalue weighted by Crippen LogP contribution is 2.46. The van der Waals surface area contributed by atoms with Crippen molar-refractivity contribution in [2.75, 3.05) is 13.2 Å². The van der Waals surface area contributed by atoms with E-state index in [1.807, 2.05) is 42.6 Å². The van der Waals surface area contributed by atoms with Gasteiger partial charge < -0.3 is 20.4 Å². The van der Waals surface area contributed by atoms with Gasteiger partial charge >= 0.3 is 0 Å². The summed E-state index contributed by atoms with van der Waals surface area (Å²) in [7, 11) is 0. The Balaban J connectivity index is 1.54. The summed E-state index contributed by atoms with van der Waals surface area (Å²) in [5.41, 5.74) is 2.75. The van der Waals surface area contributed by atoms with E-state index in [2.05, 4.69) is 0 Å². The summed E-state index contributed by atoms with van der Waals surface area (Å²) in [5.74, 6) is -2.53. The molecule has 192 valence electrons. The van der Waals surface area contributed by atoms with Gasteiger partial charge in [-0.2, -0.15) is 0 Å². The van der Waals surface area contributed by atoms with E-state index >= 15 is 0 Å². The van der Waals surface area contributed by atoms with E-state index in [9.17, 15) is 30.0 Å². The van der Waals surface area contributed by atoms with Crippen LogP contribution in [0.15, 0.2) is 58.5 Å². The maximum Gasteiger partial charge on any atom is 0.234 e. The van der Waals surface area contributed by atoms with Crippen LogP contribution in [-0.4, -0.2) is 56.5 Å². The molecule has 2 aromatic rings. The second-order valence-electron chi connectivity index (χ2n) is 9.45. The van der Waals surface area contributed by atoms with E-state index in [0.29, 0.717) is 29.6 Å². The van der Waals surface area contributed by atoms with E-state index in [0.717, 1.165) is 16.9 Å². The zero-order valence-electron chi connectivity index (χ0n) is 20.3. The molecule has 4 N–H and O–H groups in total. The van der Waals surface area contributed by atoms with Gasteiger partial charge in [0, 0.05) is 16.4 Å². The number of hydrogen-bond acceptors (Lipinski definition) is 7. The molecule has 0 saturated carbocycles. The van der Waals surface area contributed by atoms with E-state index in [-0.39, 0.29) is 37.1 Å². The van der Waals surface area contributed by atoms with Crippen molar-refractivity contribution in [3.63, 3.8) is 0 Å². The molecule has 1 fully saturated rings. The van der Waals surface area contributed by atoms with Crippen LogP contribution < -0.4 is 0 Å². The third kappa shape index (κ3) is 5.18. The largest absolute Gasteiger partial charge is 0.507 e. The smallest absolute Gasteiger partial charge is 0.234 e. The maximum atomic E-state index is 13.4. The van der Waals surface area contributed by atoms with E-state index in [4.69, 9.17) is 0 Å². The maximum absolute atomic E-state index is 13.4. The minimum atomic E-state index is -0.973. The number of benzene rings is 1. The first-order chi connectivity index (χ1) is 17.4. The van der Waals surface area contributed by atoms with Gasteiger partial charge in [0.05, 0.1) is 37.7 Å². The molecule has 0 unspecified atom stereocenters. The zero-order chi connectivity index (χ0) is 25.8. The molecule has 1 aliphatic heterocycles. The van der Waals surface area contributed by atoms with Gasteiger partial charge in [-0.3, -0.25) is 14.5 Å². The fraction of sp³-hybridized carbons (Fsp3) is 0.429. The van der Waals surface area contributed by atoms with Gasteiger partial charge in [-0.05, 0) is 54.3 Å². The van der Waals surface area contributed by atoms with Crippen molar-refractivity contribution < 1.29 is 30.0 Å². The quantitative estimate of drug-likeness (QED) is 0.287. The van der Waals surface area contributed by atoms with Crippen molar-refractivity contribution >= 4 is 29.2 Å². The lowest BCUT2D eigenvalue weighted by Gasteiger charge is -2.36. The molecule has 8 heteroatoms. The molecule has 4 atom stereocenters. The molecular weight excluding hydrogens is 478 g/mol. The van der Waals surface area contributed by atoms with Gasteiger partial charge in [0.25, 0.3) is 0 Å². The SMILES string of the molecule is CC/C(=C\c1ccccc1O)CC[C@@H](O)C1=C(CO)C[C@H]2C(=O)N(Cc3cccs3)C(=O)[C@H]2[C@H]1CO. The normalized spacial score (nSPS) is 23.4. The third-order valence-corrected chi connectivity index (χ3v) is 8.27. The van der Waals surface area contributed by atoms with Crippen molar-refractivity contribution in [1.82, 2.24) is 4.90 Å². The van der Waals surface area contributed by atoms with Crippen LogP contribution in [0.3, 0.4) is 0 Å². The third-order valence-electron chi connectivity index (χ3n) is 7.41. The lowest BCUT2D eigenvalue weighted by Crippen LogP contribution is -2.39. The Morgan fingerprint density at radius 1 is 1.17 bits per heavy atom. The van der Waals surface area contributed by atoms with Crippen LogP contribution in [0, 0.1) is 17.8 Å². The molecule has 1 aromatic carbocycles. The number of phenols is 1. The van der Waals surface area contributed by atoms with Crippen LogP contribution >= 0.6 is 11.3 Å². The highest BCUT2D eigenvalue weighted by Gasteiger charge is 2.54. The Bertz CT molecular complexity index is 1150. The second-order valence-corrected chi connectivity index (χ2v) is 10.5. The molecule has 1 aliphatic carbocycles. The predicted molar refractivity (Wildman–Crippen MR) is 138 cm³/mol. The van der Waals surface area contributed by atoms with Crippen molar-refractivity contribution in [2.24, 2.45) is 17.8 Å². The Hall–Kier alpha value is -2.78. The van der Waals surface area contributed by atoms with E-state index < -0.39 is 30.5 Å². The summed E-state index contributed by atoms with van der Waals surface area (Å²) >= 11 is 1.47. The molecule has 1 aromatic heterocycles. The number of fused-ring (bicyclic) bond motifs is 1. The summed E-state index contributed by atoms with van der Waals surface area (Å²) in [6, 6.07) is 10.8. The van der Waals surface area contributed by atoms with Crippen LogP contribution in [0.4, 0.5) is 0 Å². The fourth-order valence-corrected chi connectivity index (χ4v) is 6.24. The number of para-hydroxylation sites is 1. The molecule has 36 heavy (non-hydrogen) atoms. The van der Waals surface area contributed by atoms with Crippen LogP contribution in [-0.2, 0) is 16.1 Å². The van der Waals surface area contributed by atoms with Crippen molar-refractivity contribution in [1.29, 1.82) is 0 Å². The van der Waals surface area contributed by atoms with Crippen molar-refractivity contribution in [3.8, 4) is 5.75 Å². The van der Waals surface area contributed by atoms with Crippen LogP contribution in [0.25, 0.3) is 6.08 Å². The number of allylic oxidation sites excluding steroid dienone is 1. The van der Waals surface area contributed by atoms with Gasteiger partial charge in [0.2, 0.25) is 11.8 Å². The van der Waals surface area contributed by atoms with Gasteiger partial charge in [0.1, 0.15) is 5.75 Å². The Labute approximate surface area is 215 Å². The molecule has 2 amide bonds. The lowest BCUT2D eigenvalue weighted by molar-refractivity contribution is -0.140. The summed E-state index contributed by atoms with van der Waals surface area (Å²) in [6.45, 7) is 1.47. The molecule has 1 saturated heterocycles. The summed E-state index contributed by atoms with van der Waals surface area (Å²) in [4.78, 5) is 28.7. The molecule has 7 nitrogen and oxygen atoms in total. The number of rotatable bonds is 10. The van der Waals surface area contributed by atoms with Crippen LogP contribution in [0.2, 0.25) is 0 Å². The highest BCUT2D eigenvalue weighted by molar-refractivity contribution is 7.09. The molecular formula is C28H33NO6S. The first kappa shape index (κ1) is 26.3. The number of imide groups is 1. The molecule has 2 aliphatic rings. The number of aliphatic hydroxyl groups excluding tert-OH is 3. The standard InChI is InChI=1S/C28H33NO6S/c1-2-17(12-18-6-3-4-8-23(18)32)9-10-24(33)25-19(15-30)13-21-26(22(25)16-31)28(35)29(27(21)34)14-20-7-5-11-36-20/h3-8,11-12,21-22,24,26,30-33H,2,9-10,13-16H2,1H3/b17-12+/t21-,22+,24-,26-/m1/s1. The number of carbonyl (C=O) groups is 2. The molecule has 0 radical (unpaired) electrons. The van der Waals surface area contributed by atoms with E-state index in [1.165, 1.54) is 16.2 Å². The fourth-order valence-electron chi connectivity index (χ4n) is 5.54. The highest BCUT2D eigenvalue weighted by atomic mass is 32.1. The predicted octanol–water partition coefficient (Wildman–Crippen LogP) is 3.49. The minimum absolute atomic E-state index is 0.185. The van der Waals surface area contributed by atoms with Crippen LogP contribution in [0.5, 0.6) is 5.75 Å². The number of nitrogens with zero attached hydrogens (tertiary/aromatic N) is 1.